The zero-order valence-electron chi connectivity index (χ0n) is 11.5. The Morgan fingerprint density at radius 3 is 2.60 bits per heavy atom. The lowest BCUT2D eigenvalue weighted by Crippen LogP contribution is -2.11. The number of halogens is 1. The van der Waals surface area contributed by atoms with Crippen molar-refractivity contribution in [3.63, 3.8) is 0 Å². The fourth-order valence-corrected chi connectivity index (χ4v) is 1.99. The minimum atomic E-state index is -0.299. The Hall–Kier alpha value is -2.16. The van der Waals surface area contributed by atoms with E-state index in [0.29, 0.717) is 17.7 Å². The third-order valence-electron chi connectivity index (χ3n) is 3.17. The number of rotatable bonds is 5. The van der Waals surface area contributed by atoms with Gasteiger partial charge in [-0.05, 0) is 43.0 Å². The van der Waals surface area contributed by atoms with Gasteiger partial charge in [0.25, 0.3) is 0 Å². The second kappa shape index (κ2) is 6.85. The van der Waals surface area contributed by atoms with Crippen molar-refractivity contribution in [1.29, 1.82) is 0 Å². The van der Waals surface area contributed by atoms with E-state index in [2.05, 4.69) is 5.32 Å². The molecule has 0 heterocycles. The van der Waals surface area contributed by atoms with Crippen LogP contribution in [0.3, 0.4) is 0 Å². The third kappa shape index (κ3) is 4.19. The molecule has 0 fully saturated rings. The molecule has 1 amide bonds. The summed E-state index contributed by atoms with van der Waals surface area (Å²) in [7, 11) is 0. The second-order valence-corrected chi connectivity index (χ2v) is 4.85. The summed E-state index contributed by atoms with van der Waals surface area (Å²) in [4.78, 5) is 11.8. The van der Waals surface area contributed by atoms with Crippen LogP contribution >= 0.6 is 0 Å². The van der Waals surface area contributed by atoms with E-state index in [-0.39, 0.29) is 11.7 Å². The van der Waals surface area contributed by atoms with E-state index in [1.165, 1.54) is 11.6 Å². The summed E-state index contributed by atoms with van der Waals surface area (Å²) < 4.78 is 13.4. The SMILES string of the molecule is Cc1ccc(NC(=O)CCCc2ccccc2)cc1F. The first-order chi connectivity index (χ1) is 9.65. The zero-order chi connectivity index (χ0) is 14.4. The molecule has 20 heavy (non-hydrogen) atoms. The Balaban J connectivity index is 1.79. The molecule has 104 valence electrons. The second-order valence-electron chi connectivity index (χ2n) is 4.85. The van der Waals surface area contributed by atoms with Gasteiger partial charge in [-0.3, -0.25) is 4.79 Å². The van der Waals surface area contributed by atoms with Gasteiger partial charge < -0.3 is 5.32 Å². The van der Waals surface area contributed by atoms with E-state index in [1.54, 1.807) is 19.1 Å². The minimum Gasteiger partial charge on any atom is -0.326 e. The molecule has 3 heteroatoms. The molecule has 0 atom stereocenters. The van der Waals surface area contributed by atoms with Crippen molar-refractivity contribution in [2.45, 2.75) is 26.2 Å². The largest absolute Gasteiger partial charge is 0.326 e. The molecule has 0 saturated heterocycles. The van der Waals surface area contributed by atoms with Crippen molar-refractivity contribution in [2.24, 2.45) is 0 Å². The van der Waals surface area contributed by atoms with E-state index < -0.39 is 0 Å². The first-order valence-electron chi connectivity index (χ1n) is 6.75. The van der Waals surface area contributed by atoms with Gasteiger partial charge in [0.15, 0.2) is 0 Å². The van der Waals surface area contributed by atoms with Gasteiger partial charge in [-0.25, -0.2) is 4.39 Å². The van der Waals surface area contributed by atoms with Gasteiger partial charge in [0.2, 0.25) is 5.91 Å². The molecule has 2 aromatic carbocycles. The average Bonchev–Trinajstić information content (AvgIpc) is 2.44. The Bertz CT molecular complexity index is 581. The Labute approximate surface area is 118 Å². The van der Waals surface area contributed by atoms with Crippen LogP contribution in [0.1, 0.15) is 24.0 Å². The molecule has 2 nitrogen and oxygen atoms in total. The van der Waals surface area contributed by atoms with E-state index >= 15 is 0 Å². The van der Waals surface area contributed by atoms with Crippen molar-refractivity contribution in [2.75, 3.05) is 5.32 Å². The highest BCUT2D eigenvalue weighted by Gasteiger charge is 2.04. The Morgan fingerprint density at radius 1 is 1.15 bits per heavy atom. The number of nitrogens with one attached hydrogen (secondary N) is 1. The first kappa shape index (κ1) is 14.3. The summed E-state index contributed by atoms with van der Waals surface area (Å²) >= 11 is 0. The topological polar surface area (TPSA) is 29.1 Å². The molecule has 0 aromatic heterocycles. The number of hydrogen-bond donors (Lipinski definition) is 1. The molecule has 2 aromatic rings. The van der Waals surface area contributed by atoms with Crippen molar-refractivity contribution in [1.82, 2.24) is 0 Å². The van der Waals surface area contributed by atoms with E-state index in [4.69, 9.17) is 0 Å². The fourth-order valence-electron chi connectivity index (χ4n) is 1.99. The Morgan fingerprint density at radius 2 is 1.90 bits per heavy atom. The molecule has 2 rings (SSSR count). The predicted octanol–water partition coefficient (Wildman–Crippen LogP) is 4.10. The Kier molecular flexibility index (Phi) is 4.88. The summed E-state index contributed by atoms with van der Waals surface area (Å²) in [6.45, 7) is 1.70. The highest BCUT2D eigenvalue weighted by atomic mass is 19.1. The van der Waals surface area contributed by atoms with Gasteiger partial charge in [0.1, 0.15) is 5.82 Å². The third-order valence-corrected chi connectivity index (χ3v) is 3.17. The summed E-state index contributed by atoms with van der Waals surface area (Å²) in [5.74, 6) is -0.378. The summed E-state index contributed by atoms with van der Waals surface area (Å²) in [6, 6.07) is 14.8. The van der Waals surface area contributed by atoms with Gasteiger partial charge in [-0.1, -0.05) is 36.4 Å². The lowest BCUT2D eigenvalue weighted by molar-refractivity contribution is -0.116. The molecule has 0 aliphatic rings. The summed E-state index contributed by atoms with van der Waals surface area (Å²) in [6.07, 6.45) is 2.09. The van der Waals surface area contributed by atoms with Crippen molar-refractivity contribution in [3.8, 4) is 0 Å². The van der Waals surface area contributed by atoms with Crippen LogP contribution in [0.5, 0.6) is 0 Å². The molecule has 0 radical (unpaired) electrons. The molecular formula is C17H18FNO. The smallest absolute Gasteiger partial charge is 0.224 e. The summed E-state index contributed by atoms with van der Waals surface area (Å²) in [5.41, 5.74) is 2.31. The molecule has 0 aliphatic carbocycles. The van der Waals surface area contributed by atoms with Crippen LogP contribution in [0.4, 0.5) is 10.1 Å². The number of carbonyl (C=O) groups excluding carboxylic acids is 1. The van der Waals surface area contributed by atoms with Crippen molar-refractivity contribution >= 4 is 11.6 Å². The number of hydrogen-bond acceptors (Lipinski definition) is 1. The number of anilines is 1. The highest BCUT2D eigenvalue weighted by Crippen LogP contribution is 2.14. The predicted molar refractivity (Wildman–Crippen MR) is 79.1 cm³/mol. The van der Waals surface area contributed by atoms with Gasteiger partial charge in [-0.15, -0.1) is 0 Å². The molecule has 0 spiro atoms. The molecular weight excluding hydrogens is 253 g/mol. The highest BCUT2D eigenvalue weighted by molar-refractivity contribution is 5.90. The molecule has 1 N–H and O–H groups in total. The van der Waals surface area contributed by atoms with Crippen LogP contribution in [0.25, 0.3) is 0 Å². The molecule has 0 bridgehead atoms. The number of aryl methyl sites for hydroxylation is 2. The zero-order valence-corrected chi connectivity index (χ0v) is 11.5. The number of amides is 1. The van der Waals surface area contributed by atoms with Crippen LogP contribution in [0, 0.1) is 12.7 Å². The van der Waals surface area contributed by atoms with Gasteiger partial charge in [-0.2, -0.15) is 0 Å². The monoisotopic (exact) mass is 271 g/mol. The first-order valence-corrected chi connectivity index (χ1v) is 6.75. The van der Waals surface area contributed by atoms with Crippen molar-refractivity contribution < 1.29 is 9.18 Å². The lowest BCUT2D eigenvalue weighted by atomic mass is 10.1. The maximum atomic E-state index is 13.4. The molecule has 0 saturated carbocycles. The lowest BCUT2D eigenvalue weighted by Gasteiger charge is -2.06. The van der Waals surface area contributed by atoms with Crippen LogP contribution in [0.15, 0.2) is 48.5 Å². The maximum Gasteiger partial charge on any atom is 0.224 e. The van der Waals surface area contributed by atoms with Crippen LogP contribution < -0.4 is 5.32 Å². The average molecular weight is 271 g/mol. The quantitative estimate of drug-likeness (QED) is 0.871. The van der Waals surface area contributed by atoms with Crippen LogP contribution in [-0.4, -0.2) is 5.91 Å². The van der Waals surface area contributed by atoms with E-state index in [0.717, 1.165) is 12.8 Å². The normalized spacial score (nSPS) is 10.3. The molecule has 0 aliphatic heterocycles. The maximum absolute atomic E-state index is 13.4. The number of benzene rings is 2. The van der Waals surface area contributed by atoms with Crippen LogP contribution in [-0.2, 0) is 11.2 Å². The standard InChI is InChI=1S/C17H18FNO/c1-13-10-11-15(12-16(13)18)19-17(20)9-5-8-14-6-3-2-4-7-14/h2-4,6-7,10-12H,5,8-9H2,1H3,(H,19,20). The van der Waals surface area contributed by atoms with Gasteiger partial charge in [0.05, 0.1) is 0 Å². The molecule has 0 unspecified atom stereocenters. The van der Waals surface area contributed by atoms with E-state index in [9.17, 15) is 9.18 Å². The van der Waals surface area contributed by atoms with Gasteiger partial charge >= 0.3 is 0 Å². The van der Waals surface area contributed by atoms with Crippen LogP contribution in [0.2, 0.25) is 0 Å². The summed E-state index contributed by atoms with van der Waals surface area (Å²) in [5, 5.41) is 2.72. The fraction of sp³-hybridized carbons (Fsp3) is 0.235. The van der Waals surface area contributed by atoms with E-state index in [1.807, 2.05) is 30.3 Å². The van der Waals surface area contributed by atoms with Crippen molar-refractivity contribution in [3.05, 3.63) is 65.5 Å². The number of carbonyl (C=O) groups is 1. The minimum absolute atomic E-state index is 0.0795. The van der Waals surface area contributed by atoms with Gasteiger partial charge in [0, 0.05) is 12.1 Å².